The van der Waals surface area contributed by atoms with Crippen LogP contribution in [0.25, 0.3) is 0 Å². The SMILES string of the molecule is C=C(C)C(O)Cc1c(O)cc(CCc2ccccc2)c(CC=C(C)COc2cc(CCCCC)c(CC=C(C)C)c(O)c2CC(O)C(=C)C)c1O. The number of ether oxygens (including phenoxy) is 1. The standard InChI is InChI=1S/C45H60O6/c1-9-10-12-17-34-25-43(39(27-41(47)31(6)7)45(50)36(34)22-18-29(2)3)51-28-32(8)19-23-37-35(21-20-33-15-13-11-14-16-33)24-42(48)38(44(37)49)26-40(46)30(4)5/h11,13-16,18-19,24-25,40-41,46-50H,4,6,9-10,12,17,20-23,26-28H2,1-3,5,7-8H3. The summed E-state index contributed by atoms with van der Waals surface area (Å²) in [4.78, 5) is 0. The molecular formula is C45H60O6. The molecule has 0 saturated heterocycles. The molecule has 6 heteroatoms. The molecule has 6 nitrogen and oxygen atoms in total. The normalized spacial score (nSPS) is 12.7. The maximum absolute atomic E-state index is 11.7. The first-order valence-electron chi connectivity index (χ1n) is 18.3. The van der Waals surface area contributed by atoms with Crippen LogP contribution >= 0.6 is 0 Å². The molecular weight excluding hydrogens is 636 g/mol. The summed E-state index contributed by atoms with van der Waals surface area (Å²) in [6.07, 6.45) is 8.94. The van der Waals surface area contributed by atoms with Gasteiger partial charge in [-0.15, -0.1) is 0 Å². The van der Waals surface area contributed by atoms with Crippen molar-refractivity contribution in [2.24, 2.45) is 0 Å². The Balaban J connectivity index is 1.98. The molecule has 2 atom stereocenters. The van der Waals surface area contributed by atoms with Crippen molar-refractivity contribution in [3.05, 3.63) is 129 Å². The van der Waals surface area contributed by atoms with Crippen molar-refractivity contribution in [1.29, 1.82) is 0 Å². The molecule has 0 heterocycles. The van der Waals surface area contributed by atoms with Crippen molar-refractivity contribution in [2.45, 2.75) is 118 Å². The Morgan fingerprint density at radius 1 is 0.706 bits per heavy atom. The average Bonchev–Trinajstić information content (AvgIpc) is 3.08. The third-order valence-corrected chi connectivity index (χ3v) is 9.47. The van der Waals surface area contributed by atoms with E-state index in [1.165, 1.54) is 5.57 Å². The number of hydrogen-bond acceptors (Lipinski definition) is 6. The van der Waals surface area contributed by atoms with Gasteiger partial charge in [0.15, 0.2) is 0 Å². The Morgan fingerprint density at radius 3 is 1.86 bits per heavy atom. The monoisotopic (exact) mass is 696 g/mol. The molecule has 5 N–H and O–H groups in total. The van der Waals surface area contributed by atoms with Crippen molar-refractivity contribution < 1.29 is 30.3 Å². The van der Waals surface area contributed by atoms with Crippen LogP contribution in [0.5, 0.6) is 23.0 Å². The highest BCUT2D eigenvalue weighted by Gasteiger charge is 2.22. The van der Waals surface area contributed by atoms with Crippen LogP contribution in [0, 0.1) is 0 Å². The zero-order valence-electron chi connectivity index (χ0n) is 31.7. The van der Waals surface area contributed by atoms with Gasteiger partial charge in [0.25, 0.3) is 0 Å². The molecule has 0 radical (unpaired) electrons. The lowest BCUT2D eigenvalue weighted by Crippen LogP contribution is -2.14. The Kier molecular flexibility index (Phi) is 16.1. The van der Waals surface area contributed by atoms with Gasteiger partial charge in [0.2, 0.25) is 0 Å². The van der Waals surface area contributed by atoms with Gasteiger partial charge in [-0.05, 0) is 108 Å². The highest BCUT2D eigenvalue weighted by molar-refractivity contribution is 5.56. The topological polar surface area (TPSA) is 110 Å². The second kappa shape index (κ2) is 20.0. The number of aliphatic hydroxyl groups excluding tert-OH is 2. The first-order chi connectivity index (χ1) is 24.2. The summed E-state index contributed by atoms with van der Waals surface area (Å²) in [7, 11) is 0. The van der Waals surface area contributed by atoms with Crippen LogP contribution in [0.3, 0.4) is 0 Å². The van der Waals surface area contributed by atoms with Gasteiger partial charge in [0, 0.05) is 35.1 Å². The number of aromatic hydroxyl groups is 3. The maximum atomic E-state index is 11.7. The Labute approximate surface area is 306 Å². The molecule has 0 bridgehead atoms. The van der Waals surface area contributed by atoms with Crippen molar-refractivity contribution in [1.82, 2.24) is 0 Å². The Morgan fingerprint density at radius 2 is 1.27 bits per heavy atom. The minimum absolute atomic E-state index is 0.0204. The van der Waals surface area contributed by atoms with Gasteiger partial charge in [-0.2, -0.15) is 0 Å². The molecule has 0 spiro atoms. The molecule has 0 aromatic heterocycles. The van der Waals surface area contributed by atoms with Gasteiger partial charge in [0.1, 0.15) is 29.6 Å². The van der Waals surface area contributed by atoms with E-state index >= 15 is 0 Å². The molecule has 3 aromatic carbocycles. The van der Waals surface area contributed by atoms with Gasteiger partial charge in [-0.3, -0.25) is 0 Å². The van der Waals surface area contributed by atoms with E-state index in [0.29, 0.717) is 52.8 Å². The van der Waals surface area contributed by atoms with Gasteiger partial charge < -0.3 is 30.3 Å². The van der Waals surface area contributed by atoms with Crippen molar-refractivity contribution in [2.75, 3.05) is 6.61 Å². The second-order valence-electron chi connectivity index (χ2n) is 14.3. The fourth-order valence-corrected chi connectivity index (χ4v) is 6.06. The number of allylic oxidation sites excluding steroid dienone is 3. The lowest BCUT2D eigenvalue weighted by Gasteiger charge is -2.21. The molecule has 51 heavy (non-hydrogen) atoms. The number of hydrogen-bond donors (Lipinski definition) is 5. The van der Waals surface area contributed by atoms with Crippen molar-refractivity contribution in [3.8, 4) is 23.0 Å². The third kappa shape index (κ3) is 12.2. The van der Waals surface area contributed by atoms with Gasteiger partial charge in [0.05, 0.1) is 12.2 Å². The van der Waals surface area contributed by atoms with E-state index in [0.717, 1.165) is 59.9 Å². The zero-order valence-corrected chi connectivity index (χ0v) is 31.7. The second-order valence-corrected chi connectivity index (χ2v) is 14.3. The summed E-state index contributed by atoms with van der Waals surface area (Å²) in [6, 6.07) is 13.8. The van der Waals surface area contributed by atoms with E-state index < -0.39 is 12.2 Å². The smallest absolute Gasteiger partial charge is 0.127 e. The molecule has 2 unspecified atom stereocenters. The minimum atomic E-state index is -0.898. The maximum Gasteiger partial charge on any atom is 0.127 e. The summed E-state index contributed by atoms with van der Waals surface area (Å²) in [5, 5.41) is 55.4. The quantitative estimate of drug-likeness (QED) is 0.0595. The van der Waals surface area contributed by atoms with E-state index in [-0.39, 0.29) is 36.7 Å². The Hall–Kier alpha value is -4.26. The lowest BCUT2D eigenvalue weighted by atomic mass is 9.91. The van der Waals surface area contributed by atoms with E-state index in [1.807, 2.05) is 51.1 Å². The summed E-state index contributed by atoms with van der Waals surface area (Å²) < 4.78 is 6.43. The largest absolute Gasteiger partial charge is 0.508 e. The number of rotatable bonds is 20. The van der Waals surface area contributed by atoms with Gasteiger partial charge >= 0.3 is 0 Å². The highest BCUT2D eigenvalue weighted by atomic mass is 16.5. The van der Waals surface area contributed by atoms with E-state index in [9.17, 15) is 25.5 Å². The number of aryl methyl sites for hydroxylation is 3. The lowest BCUT2D eigenvalue weighted by molar-refractivity contribution is 0.208. The predicted molar refractivity (Wildman–Crippen MR) is 210 cm³/mol. The van der Waals surface area contributed by atoms with Crippen LogP contribution in [-0.4, -0.2) is 44.3 Å². The van der Waals surface area contributed by atoms with Crippen molar-refractivity contribution >= 4 is 0 Å². The number of benzene rings is 3. The fraction of sp³-hybridized carbons (Fsp3) is 0.422. The van der Waals surface area contributed by atoms with E-state index in [1.54, 1.807) is 19.9 Å². The van der Waals surface area contributed by atoms with Crippen LogP contribution in [0.1, 0.15) is 99.7 Å². The molecule has 0 amide bonds. The first-order valence-corrected chi connectivity index (χ1v) is 18.3. The molecule has 3 rings (SSSR count). The van der Waals surface area contributed by atoms with Crippen molar-refractivity contribution in [3.63, 3.8) is 0 Å². The average molecular weight is 697 g/mol. The molecule has 0 aliphatic rings. The van der Waals surface area contributed by atoms with Gasteiger partial charge in [-0.1, -0.05) is 92.1 Å². The number of aliphatic hydroxyl groups is 2. The molecule has 0 saturated carbocycles. The number of phenols is 3. The third-order valence-electron chi connectivity index (χ3n) is 9.47. The molecule has 0 fully saturated rings. The van der Waals surface area contributed by atoms with Crippen LogP contribution in [0.2, 0.25) is 0 Å². The highest BCUT2D eigenvalue weighted by Crippen LogP contribution is 2.39. The molecule has 3 aromatic rings. The van der Waals surface area contributed by atoms with Crippen LogP contribution in [0.15, 0.2) is 90.1 Å². The van der Waals surface area contributed by atoms with E-state index in [4.69, 9.17) is 4.74 Å². The Bertz CT molecular complexity index is 1690. The summed E-state index contributed by atoms with van der Waals surface area (Å²) in [5.41, 5.74) is 8.69. The number of phenolic OH excluding ortho intramolecular Hbond substituents is 3. The van der Waals surface area contributed by atoms with Gasteiger partial charge in [-0.25, -0.2) is 0 Å². The van der Waals surface area contributed by atoms with Crippen LogP contribution in [-0.2, 0) is 44.9 Å². The summed E-state index contributed by atoms with van der Waals surface area (Å²) in [5.74, 6) is 0.642. The van der Waals surface area contributed by atoms with Crippen LogP contribution < -0.4 is 4.74 Å². The summed E-state index contributed by atoms with van der Waals surface area (Å²) >= 11 is 0. The zero-order chi connectivity index (χ0) is 37.7. The van der Waals surface area contributed by atoms with Crippen LogP contribution in [0.4, 0.5) is 0 Å². The molecule has 276 valence electrons. The molecule has 0 aliphatic carbocycles. The molecule has 0 aliphatic heterocycles. The predicted octanol–water partition coefficient (Wildman–Crippen LogP) is 9.36. The summed E-state index contributed by atoms with van der Waals surface area (Å²) in [6.45, 7) is 19.7. The first kappa shape index (κ1) is 41.2. The number of unbranched alkanes of at least 4 members (excludes halogenated alkanes) is 2. The fourth-order valence-electron chi connectivity index (χ4n) is 6.06. The van der Waals surface area contributed by atoms with E-state index in [2.05, 4.69) is 38.3 Å². The minimum Gasteiger partial charge on any atom is -0.508 e.